The smallest absolute Gasteiger partial charge is 0.111 e. The second kappa shape index (κ2) is 4.52. The van der Waals surface area contributed by atoms with Gasteiger partial charge in [-0.05, 0) is 53.2 Å². The van der Waals surface area contributed by atoms with Gasteiger partial charge in [-0.15, -0.1) is 0 Å². The molecule has 0 spiro atoms. The molecular formula is C15H10BrN3. The summed E-state index contributed by atoms with van der Waals surface area (Å²) < 4.78 is 2.97. The van der Waals surface area contributed by atoms with Gasteiger partial charge in [-0.3, -0.25) is 4.57 Å². The number of imidazole rings is 1. The van der Waals surface area contributed by atoms with Crippen molar-refractivity contribution in [3.05, 3.63) is 58.3 Å². The Balaban J connectivity index is 2.31. The van der Waals surface area contributed by atoms with Crippen molar-refractivity contribution >= 4 is 27.0 Å². The minimum atomic E-state index is 0.637. The molecule has 0 saturated heterocycles. The van der Waals surface area contributed by atoms with Crippen molar-refractivity contribution in [2.24, 2.45) is 0 Å². The zero-order valence-electron chi connectivity index (χ0n) is 10.3. The van der Waals surface area contributed by atoms with E-state index in [2.05, 4.69) is 31.6 Å². The molecule has 0 radical (unpaired) electrons. The average Bonchev–Trinajstić information content (AvgIpc) is 2.75. The van der Waals surface area contributed by atoms with Crippen molar-refractivity contribution in [3.63, 3.8) is 0 Å². The zero-order valence-corrected chi connectivity index (χ0v) is 11.8. The lowest BCUT2D eigenvalue weighted by molar-refractivity contribution is 0.995. The molecule has 0 fully saturated rings. The quantitative estimate of drug-likeness (QED) is 0.682. The van der Waals surface area contributed by atoms with Crippen LogP contribution in [-0.2, 0) is 0 Å². The SMILES string of the molecule is Cc1nc2ccccc2n1-c1ccc(C#N)cc1Br. The van der Waals surface area contributed by atoms with Gasteiger partial charge in [0.25, 0.3) is 0 Å². The van der Waals surface area contributed by atoms with E-state index in [1.165, 1.54) is 0 Å². The second-order valence-corrected chi connectivity index (χ2v) is 5.12. The Labute approximate surface area is 119 Å². The van der Waals surface area contributed by atoms with E-state index in [9.17, 15) is 0 Å². The molecule has 92 valence electrons. The summed E-state index contributed by atoms with van der Waals surface area (Å²) in [5, 5.41) is 8.92. The third-order valence-electron chi connectivity index (χ3n) is 3.05. The van der Waals surface area contributed by atoms with Gasteiger partial charge in [-0.25, -0.2) is 4.98 Å². The van der Waals surface area contributed by atoms with E-state index in [4.69, 9.17) is 5.26 Å². The van der Waals surface area contributed by atoms with Crippen molar-refractivity contribution in [3.8, 4) is 11.8 Å². The number of hydrogen-bond acceptors (Lipinski definition) is 2. The van der Waals surface area contributed by atoms with Crippen LogP contribution in [-0.4, -0.2) is 9.55 Å². The van der Waals surface area contributed by atoms with Crippen LogP contribution in [0.15, 0.2) is 46.9 Å². The van der Waals surface area contributed by atoms with E-state index < -0.39 is 0 Å². The molecule has 3 aromatic rings. The number of para-hydroxylation sites is 2. The summed E-state index contributed by atoms with van der Waals surface area (Å²) in [5.74, 6) is 0.923. The number of nitrogens with zero attached hydrogens (tertiary/aromatic N) is 3. The van der Waals surface area contributed by atoms with Crippen LogP contribution in [0.5, 0.6) is 0 Å². The molecule has 0 atom stereocenters. The predicted molar refractivity (Wildman–Crippen MR) is 78.2 cm³/mol. The summed E-state index contributed by atoms with van der Waals surface area (Å²) in [6, 6.07) is 15.7. The fourth-order valence-electron chi connectivity index (χ4n) is 2.21. The molecule has 0 saturated carbocycles. The van der Waals surface area contributed by atoms with E-state index >= 15 is 0 Å². The lowest BCUT2D eigenvalue weighted by Gasteiger charge is -2.09. The Morgan fingerprint density at radius 1 is 1.21 bits per heavy atom. The topological polar surface area (TPSA) is 41.6 Å². The first-order valence-electron chi connectivity index (χ1n) is 5.85. The Kier molecular flexibility index (Phi) is 2.84. The highest BCUT2D eigenvalue weighted by Gasteiger charge is 2.11. The first kappa shape index (κ1) is 11.9. The van der Waals surface area contributed by atoms with Crippen molar-refractivity contribution in [2.75, 3.05) is 0 Å². The highest BCUT2D eigenvalue weighted by Crippen LogP contribution is 2.27. The average molecular weight is 312 g/mol. The molecule has 0 aliphatic carbocycles. The molecule has 2 aromatic carbocycles. The summed E-state index contributed by atoms with van der Waals surface area (Å²) in [7, 11) is 0. The number of fused-ring (bicyclic) bond motifs is 1. The fraction of sp³-hybridized carbons (Fsp3) is 0.0667. The molecule has 1 heterocycles. The van der Waals surface area contributed by atoms with Crippen molar-refractivity contribution < 1.29 is 0 Å². The molecule has 19 heavy (non-hydrogen) atoms. The van der Waals surface area contributed by atoms with E-state index in [-0.39, 0.29) is 0 Å². The van der Waals surface area contributed by atoms with Crippen LogP contribution in [0, 0.1) is 18.3 Å². The summed E-state index contributed by atoms with van der Waals surface area (Å²) in [6.45, 7) is 1.98. The Hall–Kier alpha value is -2.12. The maximum absolute atomic E-state index is 8.92. The minimum Gasteiger partial charge on any atom is -0.295 e. The molecule has 0 unspecified atom stereocenters. The van der Waals surface area contributed by atoms with Gasteiger partial charge in [-0.1, -0.05) is 12.1 Å². The highest BCUT2D eigenvalue weighted by atomic mass is 79.9. The molecule has 0 amide bonds. The summed E-state index contributed by atoms with van der Waals surface area (Å²) >= 11 is 3.53. The van der Waals surface area contributed by atoms with Gasteiger partial charge in [0.05, 0.1) is 28.4 Å². The summed E-state index contributed by atoms with van der Waals surface area (Å²) in [6.07, 6.45) is 0. The third kappa shape index (κ3) is 1.92. The molecule has 3 rings (SSSR count). The van der Waals surface area contributed by atoms with E-state index in [0.29, 0.717) is 5.56 Å². The molecule has 1 aromatic heterocycles. The Morgan fingerprint density at radius 2 is 2.00 bits per heavy atom. The van der Waals surface area contributed by atoms with Gasteiger partial charge in [-0.2, -0.15) is 5.26 Å². The maximum Gasteiger partial charge on any atom is 0.111 e. The van der Waals surface area contributed by atoms with Crippen molar-refractivity contribution in [1.82, 2.24) is 9.55 Å². The van der Waals surface area contributed by atoms with Crippen LogP contribution in [0.2, 0.25) is 0 Å². The van der Waals surface area contributed by atoms with Crippen LogP contribution in [0.25, 0.3) is 16.7 Å². The third-order valence-corrected chi connectivity index (χ3v) is 3.68. The largest absolute Gasteiger partial charge is 0.295 e. The molecule has 0 aliphatic heterocycles. The van der Waals surface area contributed by atoms with Crippen LogP contribution >= 0.6 is 15.9 Å². The second-order valence-electron chi connectivity index (χ2n) is 4.26. The number of rotatable bonds is 1. The van der Waals surface area contributed by atoms with Gasteiger partial charge >= 0.3 is 0 Å². The predicted octanol–water partition coefficient (Wildman–Crippen LogP) is 3.97. The van der Waals surface area contributed by atoms with Gasteiger partial charge in [0.1, 0.15) is 5.82 Å². The first-order chi connectivity index (χ1) is 9.20. The first-order valence-corrected chi connectivity index (χ1v) is 6.64. The van der Waals surface area contributed by atoms with Crippen molar-refractivity contribution in [1.29, 1.82) is 5.26 Å². The van der Waals surface area contributed by atoms with Gasteiger partial charge in [0.15, 0.2) is 0 Å². The summed E-state index contributed by atoms with van der Waals surface area (Å²) in [5.41, 5.74) is 3.66. The molecular weight excluding hydrogens is 302 g/mol. The number of nitriles is 1. The van der Waals surface area contributed by atoms with E-state index in [0.717, 1.165) is 27.0 Å². The number of aryl methyl sites for hydroxylation is 1. The normalized spacial score (nSPS) is 10.6. The Bertz CT molecular complexity index is 812. The van der Waals surface area contributed by atoms with Crippen LogP contribution in [0.4, 0.5) is 0 Å². The molecule has 4 heteroatoms. The van der Waals surface area contributed by atoms with Crippen LogP contribution < -0.4 is 0 Å². The molecule has 3 nitrogen and oxygen atoms in total. The minimum absolute atomic E-state index is 0.637. The molecule has 0 bridgehead atoms. The van der Waals surface area contributed by atoms with Gasteiger partial charge < -0.3 is 0 Å². The van der Waals surface area contributed by atoms with Gasteiger partial charge in [0, 0.05) is 4.47 Å². The van der Waals surface area contributed by atoms with E-state index in [1.807, 2.05) is 49.4 Å². The lowest BCUT2D eigenvalue weighted by atomic mass is 10.2. The number of benzene rings is 2. The summed E-state index contributed by atoms with van der Waals surface area (Å²) in [4.78, 5) is 4.55. The monoisotopic (exact) mass is 311 g/mol. The van der Waals surface area contributed by atoms with Gasteiger partial charge in [0.2, 0.25) is 0 Å². The zero-order chi connectivity index (χ0) is 13.4. The van der Waals surface area contributed by atoms with Crippen molar-refractivity contribution in [2.45, 2.75) is 6.92 Å². The number of hydrogen-bond donors (Lipinski definition) is 0. The van der Waals surface area contributed by atoms with Crippen LogP contribution in [0.1, 0.15) is 11.4 Å². The lowest BCUT2D eigenvalue weighted by Crippen LogP contribution is -1.98. The number of aromatic nitrogens is 2. The standard InChI is InChI=1S/C15H10BrN3/c1-10-18-13-4-2-3-5-15(13)19(10)14-7-6-11(9-17)8-12(14)16/h2-8H,1H3. The molecule has 0 N–H and O–H groups in total. The Morgan fingerprint density at radius 3 is 2.74 bits per heavy atom. The fourth-order valence-corrected chi connectivity index (χ4v) is 2.76. The van der Waals surface area contributed by atoms with E-state index in [1.54, 1.807) is 0 Å². The number of halogens is 1. The van der Waals surface area contributed by atoms with Crippen LogP contribution in [0.3, 0.4) is 0 Å². The highest BCUT2D eigenvalue weighted by molar-refractivity contribution is 9.10. The maximum atomic E-state index is 8.92. The molecule has 0 aliphatic rings.